The Balaban J connectivity index is 2.09. The number of benzene rings is 2. The van der Waals surface area contributed by atoms with Gasteiger partial charge in [-0.2, -0.15) is 0 Å². The van der Waals surface area contributed by atoms with Crippen LogP contribution in [0.25, 0.3) is 0 Å². The molecule has 1 aliphatic carbocycles. The second-order valence-electron chi connectivity index (χ2n) is 5.99. The first-order valence-corrected chi connectivity index (χ1v) is 7.83. The fourth-order valence-corrected chi connectivity index (χ4v) is 3.53. The molecule has 4 heteroatoms. The van der Waals surface area contributed by atoms with Crippen LogP contribution in [-0.4, -0.2) is 22.2 Å². The van der Waals surface area contributed by atoms with Crippen LogP contribution < -0.4 is 0 Å². The highest BCUT2D eigenvalue weighted by atomic mass is 16.4. The molecule has 0 saturated heterocycles. The van der Waals surface area contributed by atoms with Crippen molar-refractivity contribution < 1.29 is 19.8 Å². The molecular weight excluding hydrogens is 304 g/mol. The van der Waals surface area contributed by atoms with E-state index in [1.54, 1.807) is 0 Å². The fourth-order valence-electron chi connectivity index (χ4n) is 3.53. The highest BCUT2D eigenvalue weighted by Crippen LogP contribution is 2.44. The zero-order chi connectivity index (χ0) is 17.1. The van der Waals surface area contributed by atoms with E-state index >= 15 is 0 Å². The van der Waals surface area contributed by atoms with E-state index in [9.17, 15) is 19.8 Å². The van der Waals surface area contributed by atoms with Gasteiger partial charge in [-0.1, -0.05) is 72.8 Å². The number of carboxylic acids is 2. The molecule has 0 unspecified atom stereocenters. The van der Waals surface area contributed by atoms with Gasteiger partial charge in [0.25, 0.3) is 0 Å². The summed E-state index contributed by atoms with van der Waals surface area (Å²) in [7, 11) is 0. The number of hydrogen-bond donors (Lipinski definition) is 2. The lowest BCUT2D eigenvalue weighted by atomic mass is 9.66. The van der Waals surface area contributed by atoms with Crippen LogP contribution >= 0.6 is 0 Å². The largest absolute Gasteiger partial charge is 0.481 e. The molecule has 4 nitrogen and oxygen atoms in total. The molecule has 0 aromatic heterocycles. The van der Waals surface area contributed by atoms with E-state index in [0.717, 1.165) is 11.1 Å². The summed E-state index contributed by atoms with van der Waals surface area (Å²) in [6.45, 7) is 0. The average Bonchev–Trinajstić information content (AvgIpc) is 2.61. The van der Waals surface area contributed by atoms with Crippen molar-refractivity contribution in [3.8, 4) is 0 Å². The highest BCUT2D eigenvalue weighted by molar-refractivity contribution is 5.83. The van der Waals surface area contributed by atoms with Crippen molar-refractivity contribution in [3.05, 3.63) is 83.9 Å². The van der Waals surface area contributed by atoms with E-state index in [0.29, 0.717) is 0 Å². The van der Waals surface area contributed by atoms with Gasteiger partial charge in [-0.3, -0.25) is 9.59 Å². The summed E-state index contributed by atoms with van der Waals surface area (Å²) in [5, 5.41) is 19.5. The molecule has 1 aliphatic rings. The molecule has 0 spiro atoms. The summed E-state index contributed by atoms with van der Waals surface area (Å²) in [4.78, 5) is 23.9. The smallest absolute Gasteiger partial charge is 0.308 e. The number of aliphatic carboxylic acids is 2. The first-order valence-electron chi connectivity index (χ1n) is 7.83. The minimum atomic E-state index is -1.08. The summed E-state index contributed by atoms with van der Waals surface area (Å²) >= 11 is 0. The van der Waals surface area contributed by atoms with Crippen LogP contribution in [0.1, 0.15) is 23.0 Å². The molecular formula is C20H18O4. The lowest BCUT2D eigenvalue weighted by molar-refractivity contribution is -0.155. The Hall–Kier alpha value is -2.88. The van der Waals surface area contributed by atoms with Crippen molar-refractivity contribution >= 4 is 11.9 Å². The van der Waals surface area contributed by atoms with E-state index in [1.165, 1.54) is 0 Å². The Kier molecular flexibility index (Phi) is 4.47. The maximum absolute atomic E-state index is 11.9. The normalized spacial score (nSPS) is 26.0. The third-order valence-electron chi connectivity index (χ3n) is 4.63. The molecule has 4 atom stereocenters. The molecule has 0 saturated carbocycles. The standard InChI is InChI=1S/C20H18O4/c21-19(22)17-15(13-7-3-1-4-8-13)11-12-16(18(17)20(23)24)14-9-5-2-6-10-14/h1-12,15-18H,(H,21,22)(H,23,24)/t15-,16-,17-,18+/m1/s1. The van der Waals surface area contributed by atoms with Gasteiger partial charge in [0.05, 0.1) is 11.8 Å². The SMILES string of the molecule is O=C(O)[C@@H]1[C@H](C(=O)O)[C@@H](c2ccccc2)C=C[C@@H]1c1ccccc1. The third kappa shape index (κ3) is 2.95. The van der Waals surface area contributed by atoms with Crippen LogP contribution in [0.5, 0.6) is 0 Å². The minimum Gasteiger partial charge on any atom is -0.481 e. The number of rotatable bonds is 4. The van der Waals surface area contributed by atoms with E-state index in [4.69, 9.17) is 0 Å². The molecule has 3 rings (SSSR count). The van der Waals surface area contributed by atoms with E-state index in [2.05, 4.69) is 0 Å². The van der Waals surface area contributed by atoms with Gasteiger partial charge in [-0.25, -0.2) is 0 Å². The van der Waals surface area contributed by atoms with Crippen LogP contribution in [0.2, 0.25) is 0 Å². The Morgan fingerprint density at radius 2 is 0.958 bits per heavy atom. The second-order valence-corrected chi connectivity index (χ2v) is 5.99. The summed E-state index contributed by atoms with van der Waals surface area (Å²) in [6.07, 6.45) is 3.68. The van der Waals surface area contributed by atoms with Gasteiger partial charge >= 0.3 is 11.9 Å². The fraction of sp³-hybridized carbons (Fsp3) is 0.200. The predicted molar refractivity (Wildman–Crippen MR) is 89.8 cm³/mol. The maximum Gasteiger partial charge on any atom is 0.308 e. The average molecular weight is 322 g/mol. The number of allylic oxidation sites excluding steroid dienone is 2. The quantitative estimate of drug-likeness (QED) is 0.845. The van der Waals surface area contributed by atoms with E-state index < -0.39 is 35.6 Å². The second kappa shape index (κ2) is 6.71. The molecule has 24 heavy (non-hydrogen) atoms. The van der Waals surface area contributed by atoms with Gasteiger partial charge in [0.1, 0.15) is 0 Å². The van der Waals surface area contributed by atoms with Gasteiger partial charge in [0.2, 0.25) is 0 Å². The lowest BCUT2D eigenvalue weighted by Crippen LogP contribution is -2.39. The van der Waals surface area contributed by atoms with Gasteiger partial charge in [-0.15, -0.1) is 0 Å². The van der Waals surface area contributed by atoms with Crippen molar-refractivity contribution in [2.75, 3.05) is 0 Å². The molecule has 0 heterocycles. The first-order chi connectivity index (χ1) is 11.6. The van der Waals surface area contributed by atoms with Gasteiger partial charge in [-0.05, 0) is 11.1 Å². The third-order valence-corrected chi connectivity index (χ3v) is 4.63. The number of hydrogen-bond acceptors (Lipinski definition) is 2. The van der Waals surface area contributed by atoms with Crippen LogP contribution in [0.3, 0.4) is 0 Å². The topological polar surface area (TPSA) is 74.6 Å². The molecule has 2 N–H and O–H groups in total. The zero-order valence-corrected chi connectivity index (χ0v) is 12.9. The van der Waals surface area contributed by atoms with Crippen LogP contribution in [0, 0.1) is 11.8 Å². The lowest BCUT2D eigenvalue weighted by Gasteiger charge is -2.35. The number of carbonyl (C=O) groups is 2. The minimum absolute atomic E-state index is 0.454. The van der Waals surface area contributed by atoms with Crippen LogP contribution in [-0.2, 0) is 9.59 Å². The van der Waals surface area contributed by atoms with E-state index in [-0.39, 0.29) is 0 Å². The highest BCUT2D eigenvalue weighted by Gasteiger charge is 2.46. The molecule has 0 aliphatic heterocycles. The van der Waals surface area contributed by atoms with Crippen LogP contribution in [0.4, 0.5) is 0 Å². The van der Waals surface area contributed by atoms with Crippen molar-refractivity contribution in [3.63, 3.8) is 0 Å². The van der Waals surface area contributed by atoms with Crippen LogP contribution in [0.15, 0.2) is 72.8 Å². The van der Waals surface area contributed by atoms with Crippen molar-refractivity contribution in [2.45, 2.75) is 11.8 Å². The molecule has 0 radical (unpaired) electrons. The summed E-state index contributed by atoms with van der Waals surface area (Å²) in [5.74, 6) is -5.10. The van der Waals surface area contributed by atoms with Gasteiger partial charge in [0, 0.05) is 11.8 Å². The molecule has 0 amide bonds. The molecule has 0 bridgehead atoms. The first kappa shape index (κ1) is 16.0. The molecule has 2 aromatic rings. The Morgan fingerprint density at radius 1 is 0.625 bits per heavy atom. The monoisotopic (exact) mass is 322 g/mol. The van der Waals surface area contributed by atoms with Crippen molar-refractivity contribution in [1.82, 2.24) is 0 Å². The Labute approximate surface area is 140 Å². The van der Waals surface area contributed by atoms with E-state index in [1.807, 2.05) is 72.8 Å². The summed E-state index contributed by atoms with van der Waals surface area (Å²) < 4.78 is 0. The molecule has 122 valence electrons. The number of carboxylic acid groups (broad SMARTS) is 2. The van der Waals surface area contributed by atoms with Gasteiger partial charge in [0.15, 0.2) is 0 Å². The summed E-state index contributed by atoms with van der Waals surface area (Å²) in [5.41, 5.74) is 1.64. The summed E-state index contributed by atoms with van der Waals surface area (Å²) in [6, 6.07) is 18.4. The van der Waals surface area contributed by atoms with Crippen molar-refractivity contribution in [2.24, 2.45) is 11.8 Å². The molecule has 0 fully saturated rings. The Morgan fingerprint density at radius 3 is 1.25 bits per heavy atom. The zero-order valence-electron chi connectivity index (χ0n) is 12.9. The van der Waals surface area contributed by atoms with Gasteiger partial charge < -0.3 is 10.2 Å². The van der Waals surface area contributed by atoms with Crippen molar-refractivity contribution in [1.29, 1.82) is 0 Å². The molecule has 2 aromatic carbocycles. The predicted octanol–water partition coefficient (Wildman–Crippen LogP) is 3.53. The Bertz CT molecular complexity index is 686. The maximum atomic E-state index is 11.9.